The van der Waals surface area contributed by atoms with Gasteiger partial charge in [0.25, 0.3) is 0 Å². The average Bonchev–Trinajstić information content (AvgIpc) is 3.09. The van der Waals surface area contributed by atoms with E-state index in [0.717, 1.165) is 0 Å². The predicted molar refractivity (Wildman–Crippen MR) is 193 cm³/mol. The molecule has 0 atom stereocenters. The molecule has 0 N–H and O–H groups in total. The van der Waals surface area contributed by atoms with Gasteiger partial charge in [0.2, 0.25) is 0 Å². The maximum absolute atomic E-state index is 12.1. The van der Waals surface area contributed by atoms with Crippen molar-refractivity contribution in [3.63, 3.8) is 0 Å². The van der Waals surface area contributed by atoms with Gasteiger partial charge in [-0.2, -0.15) is 0 Å². The average molecular weight is 741 g/mol. The van der Waals surface area contributed by atoms with Gasteiger partial charge in [0.1, 0.15) is 39.6 Å². The third-order valence-corrected chi connectivity index (χ3v) is 7.27. The van der Waals surface area contributed by atoms with Gasteiger partial charge in [-0.1, -0.05) is 19.7 Å². The summed E-state index contributed by atoms with van der Waals surface area (Å²) in [5, 5.41) is 0. The van der Waals surface area contributed by atoms with Crippen LogP contribution >= 0.6 is 0 Å². The number of carbonyl (C=O) groups excluding carboxylic acids is 6. The first-order chi connectivity index (χ1) is 24.5. The maximum atomic E-state index is 12.1. The van der Waals surface area contributed by atoms with Gasteiger partial charge in [-0.25, -0.2) is 14.4 Å². The molecule has 0 bridgehead atoms. The molecule has 0 saturated heterocycles. The maximum Gasteiger partial charge on any atom is 0.333 e. The smallest absolute Gasteiger partial charge is 0.333 e. The van der Waals surface area contributed by atoms with Crippen molar-refractivity contribution in [3.8, 4) is 0 Å². The summed E-state index contributed by atoms with van der Waals surface area (Å²) in [4.78, 5) is 79.1. The van der Waals surface area contributed by atoms with Crippen molar-refractivity contribution in [1.29, 1.82) is 0 Å². The van der Waals surface area contributed by atoms with E-state index in [1.807, 2.05) is 35.8 Å². The summed E-state index contributed by atoms with van der Waals surface area (Å²) in [6.45, 7) is 20.4. The lowest BCUT2D eigenvalue weighted by Crippen LogP contribution is -2.42. The van der Waals surface area contributed by atoms with Crippen LogP contribution in [0.5, 0.6) is 0 Å². The third kappa shape index (κ3) is 26.7. The molecule has 0 aliphatic rings. The standard InChI is InChI=1S/C36H60N4O12/c1-28(2)34(44)50-25-22-47-31(41)10-13-37(7)16-19-40(20-17-38(8)14-11-32(42)48-23-26-51-35(45)29(3)4)21-18-39(9)15-12-33(43)49-24-27-52-36(46)30(5)6/h1,3,5,10-27H2,2,4,6-9H3. The van der Waals surface area contributed by atoms with E-state index in [1.54, 1.807) is 0 Å². The molecule has 0 amide bonds. The minimum absolute atomic E-state index is 0.0262. The second-order valence-electron chi connectivity index (χ2n) is 12.4. The molecule has 0 aromatic heterocycles. The van der Waals surface area contributed by atoms with Gasteiger partial charge in [-0.15, -0.1) is 0 Å². The lowest BCUT2D eigenvalue weighted by atomic mass is 10.3. The lowest BCUT2D eigenvalue weighted by molar-refractivity contribution is -0.150. The molecule has 0 aromatic rings. The fraction of sp³-hybridized carbons (Fsp3) is 0.667. The Kier molecular flexibility index (Phi) is 26.2. The number of nitrogens with zero attached hydrogens (tertiary/aromatic N) is 4. The first-order valence-corrected chi connectivity index (χ1v) is 17.2. The Bertz CT molecular complexity index is 1050. The Labute approximate surface area is 308 Å². The molecule has 0 aliphatic heterocycles. The van der Waals surface area contributed by atoms with E-state index in [1.165, 1.54) is 20.8 Å². The molecule has 0 unspecified atom stereocenters. The second kappa shape index (κ2) is 28.5. The number of rotatable bonds is 30. The van der Waals surface area contributed by atoms with Gasteiger partial charge < -0.3 is 43.1 Å². The predicted octanol–water partition coefficient (Wildman–Crippen LogP) is 1.24. The van der Waals surface area contributed by atoms with Crippen LogP contribution < -0.4 is 0 Å². The van der Waals surface area contributed by atoms with Crippen LogP contribution in [0.4, 0.5) is 0 Å². The van der Waals surface area contributed by atoms with Crippen molar-refractivity contribution < 1.29 is 57.2 Å². The Morgan fingerprint density at radius 1 is 0.385 bits per heavy atom. The largest absolute Gasteiger partial charge is 0.462 e. The van der Waals surface area contributed by atoms with Crippen LogP contribution in [0.3, 0.4) is 0 Å². The summed E-state index contributed by atoms with van der Waals surface area (Å²) in [6.07, 6.45) is 0.528. The van der Waals surface area contributed by atoms with Crippen molar-refractivity contribution in [1.82, 2.24) is 19.6 Å². The molecular weight excluding hydrogens is 680 g/mol. The minimum Gasteiger partial charge on any atom is -0.462 e. The molecule has 0 aromatic carbocycles. The highest BCUT2D eigenvalue weighted by atomic mass is 16.6. The van der Waals surface area contributed by atoms with E-state index < -0.39 is 35.8 Å². The van der Waals surface area contributed by atoms with E-state index in [0.29, 0.717) is 58.9 Å². The molecule has 0 heterocycles. The summed E-state index contributed by atoms with van der Waals surface area (Å²) in [5.74, 6) is -2.78. The number of hydrogen-bond acceptors (Lipinski definition) is 16. The zero-order chi connectivity index (χ0) is 39.5. The lowest BCUT2D eigenvalue weighted by Gasteiger charge is -2.29. The van der Waals surface area contributed by atoms with Crippen LogP contribution in [0.1, 0.15) is 40.0 Å². The van der Waals surface area contributed by atoms with Gasteiger partial charge in [0.05, 0.1) is 19.3 Å². The quantitative estimate of drug-likeness (QED) is 0.0446. The molecule has 0 fully saturated rings. The fourth-order valence-electron chi connectivity index (χ4n) is 3.91. The first-order valence-electron chi connectivity index (χ1n) is 17.2. The van der Waals surface area contributed by atoms with E-state index in [-0.39, 0.29) is 75.6 Å². The molecule has 0 saturated carbocycles. The molecular formula is C36H60N4O12. The van der Waals surface area contributed by atoms with Gasteiger partial charge in [-0.3, -0.25) is 19.3 Å². The van der Waals surface area contributed by atoms with E-state index in [4.69, 9.17) is 28.4 Å². The van der Waals surface area contributed by atoms with E-state index in [2.05, 4.69) is 24.6 Å². The summed E-state index contributed by atoms with van der Waals surface area (Å²) in [5.41, 5.74) is 0.818. The van der Waals surface area contributed by atoms with Gasteiger partial charge in [0, 0.05) is 75.6 Å². The summed E-state index contributed by atoms with van der Waals surface area (Å²) < 4.78 is 30.2. The number of hydrogen-bond donors (Lipinski definition) is 0. The Morgan fingerprint density at radius 3 is 0.846 bits per heavy atom. The molecule has 0 aliphatic carbocycles. The highest BCUT2D eigenvalue weighted by molar-refractivity contribution is 5.87. The second-order valence-corrected chi connectivity index (χ2v) is 12.4. The third-order valence-electron chi connectivity index (χ3n) is 7.27. The van der Waals surface area contributed by atoms with Gasteiger partial charge in [0.15, 0.2) is 0 Å². The molecule has 296 valence electrons. The molecule has 16 heteroatoms. The van der Waals surface area contributed by atoms with Gasteiger partial charge in [-0.05, 0) is 41.9 Å². The van der Waals surface area contributed by atoms with Crippen molar-refractivity contribution in [2.24, 2.45) is 0 Å². The van der Waals surface area contributed by atoms with Crippen molar-refractivity contribution in [2.45, 2.75) is 40.0 Å². The van der Waals surface area contributed by atoms with Crippen LogP contribution in [-0.2, 0) is 57.2 Å². The molecule has 16 nitrogen and oxygen atoms in total. The summed E-state index contributed by atoms with van der Waals surface area (Å²) in [7, 11) is 5.73. The van der Waals surface area contributed by atoms with E-state index >= 15 is 0 Å². The van der Waals surface area contributed by atoms with Gasteiger partial charge >= 0.3 is 35.8 Å². The van der Waals surface area contributed by atoms with E-state index in [9.17, 15) is 28.8 Å². The minimum atomic E-state index is -0.533. The Hall–Kier alpha value is -4.12. The molecule has 0 spiro atoms. The first kappa shape index (κ1) is 47.9. The molecule has 0 rings (SSSR count). The fourth-order valence-corrected chi connectivity index (χ4v) is 3.91. The zero-order valence-electron chi connectivity index (χ0n) is 32.0. The van der Waals surface area contributed by atoms with Crippen LogP contribution in [0.25, 0.3) is 0 Å². The number of esters is 6. The Morgan fingerprint density at radius 2 is 0.615 bits per heavy atom. The zero-order valence-corrected chi connectivity index (χ0v) is 32.0. The molecule has 52 heavy (non-hydrogen) atoms. The topological polar surface area (TPSA) is 171 Å². The van der Waals surface area contributed by atoms with Crippen molar-refractivity contribution in [2.75, 3.05) is 120 Å². The van der Waals surface area contributed by atoms with Crippen LogP contribution in [-0.4, -0.2) is 175 Å². The normalized spacial score (nSPS) is 11.0. The van der Waals surface area contributed by atoms with Crippen LogP contribution in [0.15, 0.2) is 36.5 Å². The SMILES string of the molecule is C=C(C)C(=O)OCCOC(=O)CCN(C)CCN(CCN(C)CCC(=O)OCCOC(=O)C(=C)C)CCN(C)CCC(=O)OCCOC(=O)C(=C)C. The summed E-state index contributed by atoms with van der Waals surface area (Å²) in [6, 6.07) is 0. The Balaban J connectivity index is 4.80. The van der Waals surface area contributed by atoms with Crippen molar-refractivity contribution in [3.05, 3.63) is 36.5 Å². The highest BCUT2D eigenvalue weighted by Crippen LogP contribution is 2.01. The van der Waals surface area contributed by atoms with Crippen LogP contribution in [0.2, 0.25) is 0 Å². The monoisotopic (exact) mass is 740 g/mol. The number of ether oxygens (including phenoxy) is 6. The van der Waals surface area contributed by atoms with Crippen LogP contribution in [0, 0.1) is 0 Å². The van der Waals surface area contributed by atoms with Crippen molar-refractivity contribution >= 4 is 35.8 Å². The highest BCUT2D eigenvalue weighted by Gasteiger charge is 2.14. The molecule has 0 radical (unpaired) electrons. The number of carbonyl (C=O) groups is 6. The number of likely N-dealkylation sites (N-methyl/N-ethyl adjacent to an activating group) is 3. The summed E-state index contributed by atoms with van der Waals surface area (Å²) >= 11 is 0.